The summed E-state index contributed by atoms with van der Waals surface area (Å²) in [6.45, 7) is 0.326. The molecule has 0 fully saturated rings. The molecule has 0 saturated carbocycles. The van der Waals surface area contributed by atoms with Gasteiger partial charge in [0, 0.05) is 6.54 Å². The molecule has 0 saturated heterocycles. The number of rotatable bonds is 5. The molecular formula is C13H14NNaO3S. The van der Waals surface area contributed by atoms with Crippen molar-refractivity contribution < 1.29 is 43.7 Å². The topological polar surface area (TPSA) is 55.4 Å². The molecule has 2 aromatic carbocycles. The maximum atomic E-state index is 11.7. The molecule has 0 atom stereocenters. The maximum Gasteiger partial charge on any atom is 1.00 e. The van der Waals surface area contributed by atoms with E-state index in [1.54, 1.807) is 18.2 Å². The summed E-state index contributed by atoms with van der Waals surface area (Å²) in [6, 6.07) is 17.4. The Balaban J connectivity index is 0.00000180. The molecule has 4 nitrogen and oxygen atoms in total. The summed E-state index contributed by atoms with van der Waals surface area (Å²) in [6.07, 6.45) is 0. The molecular weight excluding hydrogens is 273 g/mol. The fourth-order valence-corrected chi connectivity index (χ4v) is 2.22. The maximum absolute atomic E-state index is 11.7. The Kier molecular flexibility index (Phi) is 6.71. The van der Waals surface area contributed by atoms with Crippen LogP contribution in [-0.2, 0) is 20.9 Å². The third kappa shape index (κ3) is 5.06. The number of hydrogen-bond acceptors (Lipinski definition) is 4. The van der Waals surface area contributed by atoms with E-state index >= 15 is 0 Å². The van der Waals surface area contributed by atoms with Gasteiger partial charge in [0.25, 0.3) is 0 Å². The monoisotopic (exact) mass is 287 g/mol. The minimum absolute atomic E-state index is 0. The average Bonchev–Trinajstić information content (AvgIpc) is 2.41. The molecule has 0 bridgehead atoms. The SMILES string of the molecule is O=S(=O)(ONCc1ccccc1)c1ccccc1.[H-].[Na+]. The van der Waals surface area contributed by atoms with Crippen LogP contribution in [0.5, 0.6) is 0 Å². The molecule has 1 N–H and O–H groups in total. The Bertz CT molecular complexity index is 594. The molecule has 2 rings (SSSR count). The van der Waals surface area contributed by atoms with Crippen molar-refractivity contribution in [3.63, 3.8) is 0 Å². The van der Waals surface area contributed by atoms with Crippen LogP contribution in [0.4, 0.5) is 0 Å². The smallest absolute Gasteiger partial charge is 1.00 e. The summed E-state index contributed by atoms with van der Waals surface area (Å²) in [5.41, 5.74) is 3.40. The molecule has 0 heterocycles. The van der Waals surface area contributed by atoms with Gasteiger partial charge in [-0.15, -0.1) is 0 Å². The van der Waals surface area contributed by atoms with E-state index in [0.29, 0.717) is 6.54 Å². The van der Waals surface area contributed by atoms with Crippen LogP contribution in [0, 0.1) is 0 Å². The van der Waals surface area contributed by atoms with Crippen molar-refractivity contribution in [3.8, 4) is 0 Å². The molecule has 0 aliphatic heterocycles. The van der Waals surface area contributed by atoms with Crippen LogP contribution >= 0.6 is 0 Å². The predicted molar refractivity (Wildman–Crippen MR) is 69.1 cm³/mol. The van der Waals surface area contributed by atoms with Crippen molar-refractivity contribution in [2.45, 2.75) is 11.4 Å². The summed E-state index contributed by atoms with van der Waals surface area (Å²) in [5.74, 6) is 0. The standard InChI is InChI=1S/C13H13NO3S.Na.H/c15-18(16,13-9-5-2-6-10-13)17-14-11-12-7-3-1-4-8-12;;/h1-10,14H,11H2;;/q;+1;-1. The van der Waals surface area contributed by atoms with Gasteiger partial charge in [0.05, 0.1) is 4.90 Å². The first kappa shape index (κ1) is 16.4. The normalized spacial score (nSPS) is 10.7. The zero-order chi connectivity index (χ0) is 12.8. The molecule has 0 aliphatic rings. The summed E-state index contributed by atoms with van der Waals surface area (Å²) < 4.78 is 28.2. The Hall–Kier alpha value is -0.690. The Labute approximate surface area is 136 Å². The van der Waals surface area contributed by atoms with E-state index in [1.165, 1.54) is 12.1 Å². The minimum Gasteiger partial charge on any atom is -1.00 e. The third-order valence-corrected chi connectivity index (χ3v) is 3.51. The van der Waals surface area contributed by atoms with Gasteiger partial charge in [-0.2, -0.15) is 18.2 Å². The predicted octanol–water partition coefficient (Wildman–Crippen LogP) is -0.787. The van der Waals surface area contributed by atoms with Gasteiger partial charge in [-0.1, -0.05) is 48.5 Å². The zero-order valence-electron chi connectivity index (χ0n) is 11.6. The summed E-state index contributed by atoms with van der Waals surface area (Å²) in [7, 11) is -3.74. The quantitative estimate of drug-likeness (QED) is 0.579. The third-order valence-electron chi connectivity index (χ3n) is 2.32. The van der Waals surface area contributed by atoms with Crippen molar-refractivity contribution in [3.05, 3.63) is 66.2 Å². The van der Waals surface area contributed by atoms with Gasteiger partial charge < -0.3 is 1.43 Å². The number of hydroxylamine groups is 1. The van der Waals surface area contributed by atoms with E-state index in [0.717, 1.165) is 5.56 Å². The minimum atomic E-state index is -3.74. The molecule has 0 spiro atoms. The van der Waals surface area contributed by atoms with Crippen LogP contribution in [0.25, 0.3) is 0 Å². The van der Waals surface area contributed by atoms with E-state index in [2.05, 4.69) is 5.48 Å². The van der Waals surface area contributed by atoms with Crippen LogP contribution < -0.4 is 35.0 Å². The van der Waals surface area contributed by atoms with Crippen LogP contribution in [0.2, 0.25) is 0 Å². The first-order chi connectivity index (χ1) is 8.68. The van der Waals surface area contributed by atoms with Gasteiger partial charge in [0.1, 0.15) is 0 Å². The van der Waals surface area contributed by atoms with Gasteiger partial charge in [-0.05, 0) is 17.7 Å². The molecule has 19 heavy (non-hydrogen) atoms. The van der Waals surface area contributed by atoms with Gasteiger partial charge in [0.2, 0.25) is 0 Å². The van der Waals surface area contributed by atoms with Gasteiger partial charge in [-0.25, -0.2) is 0 Å². The zero-order valence-corrected chi connectivity index (χ0v) is 13.4. The van der Waals surface area contributed by atoms with Crippen molar-refractivity contribution in [1.29, 1.82) is 0 Å². The molecule has 6 heteroatoms. The molecule has 96 valence electrons. The fourth-order valence-electron chi connectivity index (χ4n) is 1.42. The van der Waals surface area contributed by atoms with E-state index in [-0.39, 0.29) is 35.9 Å². The van der Waals surface area contributed by atoms with Crippen molar-refractivity contribution >= 4 is 10.1 Å². The van der Waals surface area contributed by atoms with Crippen molar-refractivity contribution in [2.75, 3.05) is 0 Å². The van der Waals surface area contributed by atoms with E-state index in [4.69, 9.17) is 4.28 Å². The Morgan fingerprint density at radius 2 is 1.47 bits per heavy atom. The Morgan fingerprint density at radius 1 is 0.947 bits per heavy atom. The largest absolute Gasteiger partial charge is 1.00 e. The van der Waals surface area contributed by atoms with Gasteiger partial charge in [0.15, 0.2) is 0 Å². The Morgan fingerprint density at radius 3 is 2.05 bits per heavy atom. The number of hydrogen-bond donors (Lipinski definition) is 1. The molecule has 0 amide bonds. The second kappa shape index (κ2) is 7.79. The molecule has 0 unspecified atom stereocenters. The fraction of sp³-hybridized carbons (Fsp3) is 0.0769. The van der Waals surface area contributed by atoms with E-state index < -0.39 is 10.1 Å². The summed E-state index contributed by atoms with van der Waals surface area (Å²) >= 11 is 0. The number of benzene rings is 2. The van der Waals surface area contributed by atoms with Crippen molar-refractivity contribution in [2.24, 2.45) is 0 Å². The molecule has 2 aromatic rings. The van der Waals surface area contributed by atoms with Crippen LogP contribution in [0.3, 0.4) is 0 Å². The van der Waals surface area contributed by atoms with E-state index in [9.17, 15) is 8.42 Å². The molecule has 0 radical (unpaired) electrons. The molecule has 0 aliphatic carbocycles. The summed E-state index contributed by atoms with van der Waals surface area (Å²) in [4.78, 5) is 0.130. The van der Waals surface area contributed by atoms with Crippen LogP contribution in [-0.4, -0.2) is 8.42 Å². The molecule has 0 aromatic heterocycles. The summed E-state index contributed by atoms with van der Waals surface area (Å²) in [5, 5.41) is 0. The second-order valence-corrected chi connectivity index (χ2v) is 5.20. The first-order valence-electron chi connectivity index (χ1n) is 5.44. The number of nitrogens with one attached hydrogen (secondary N) is 1. The van der Waals surface area contributed by atoms with E-state index in [1.807, 2.05) is 30.3 Å². The van der Waals surface area contributed by atoms with Crippen molar-refractivity contribution in [1.82, 2.24) is 5.48 Å². The van der Waals surface area contributed by atoms with Crippen LogP contribution in [0.1, 0.15) is 6.99 Å². The second-order valence-electron chi connectivity index (χ2n) is 3.66. The van der Waals surface area contributed by atoms with Gasteiger partial charge in [-0.3, -0.25) is 0 Å². The first-order valence-corrected chi connectivity index (χ1v) is 6.84. The average molecular weight is 287 g/mol. The van der Waals surface area contributed by atoms with Gasteiger partial charge >= 0.3 is 39.7 Å². The van der Waals surface area contributed by atoms with Crippen LogP contribution in [0.15, 0.2) is 65.6 Å².